The van der Waals surface area contributed by atoms with E-state index < -0.39 is 0 Å². The predicted octanol–water partition coefficient (Wildman–Crippen LogP) is 4.43. The van der Waals surface area contributed by atoms with Crippen LogP contribution in [0.3, 0.4) is 0 Å². The molecular formula is C16H24BrNO. The summed E-state index contributed by atoms with van der Waals surface area (Å²) < 4.78 is 7.45. The maximum Gasteiger partial charge on any atom is 0.0961 e. The highest BCUT2D eigenvalue weighted by atomic mass is 79.9. The van der Waals surface area contributed by atoms with Crippen LogP contribution in [0.2, 0.25) is 0 Å². The summed E-state index contributed by atoms with van der Waals surface area (Å²) in [6.45, 7) is 2.80. The molecule has 3 atom stereocenters. The number of rotatable bonds is 5. The van der Waals surface area contributed by atoms with Gasteiger partial charge in [-0.05, 0) is 30.4 Å². The second-order valence-electron chi connectivity index (χ2n) is 5.37. The molecule has 0 aliphatic heterocycles. The Morgan fingerprint density at radius 2 is 2.05 bits per heavy atom. The highest BCUT2D eigenvalue weighted by molar-refractivity contribution is 9.10. The van der Waals surface area contributed by atoms with Crippen molar-refractivity contribution < 1.29 is 4.74 Å². The molecule has 1 fully saturated rings. The summed E-state index contributed by atoms with van der Waals surface area (Å²) in [5.74, 6) is 0.699. The highest BCUT2D eigenvalue weighted by Gasteiger charge is 2.27. The topological polar surface area (TPSA) is 35.2 Å². The van der Waals surface area contributed by atoms with Crippen LogP contribution in [0.1, 0.15) is 50.7 Å². The molecule has 1 aromatic rings. The van der Waals surface area contributed by atoms with Crippen molar-refractivity contribution in [1.29, 1.82) is 0 Å². The average Bonchev–Trinajstić information content (AvgIpc) is 2.46. The first-order chi connectivity index (χ1) is 9.26. The minimum atomic E-state index is 0.00715. The van der Waals surface area contributed by atoms with Gasteiger partial charge in [0.15, 0.2) is 0 Å². The van der Waals surface area contributed by atoms with E-state index in [9.17, 15) is 0 Å². The van der Waals surface area contributed by atoms with Gasteiger partial charge in [-0.25, -0.2) is 0 Å². The lowest BCUT2D eigenvalue weighted by atomic mass is 9.84. The van der Waals surface area contributed by atoms with Gasteiger partial charge in [0.1, 0.15) is 0 Å². The first-order valence-electron chi connectivity index (χ1n) is 7.36. The van der Waals surface area contributed by atoms with E-state index in [4.69, 9.17) is 10.5 Å². The third kappa shape index (κ3) is 3.80. The van der Waals surface area contributed by atoms with Crippen LogP contribution in [0.25, 0.3) is 0 Å². The van der Waals surface area contributed by atoms with Gasteiger partial charge in [-0.2, -0.15) is 0 Å². The van der Waals surface area contributed by atoms with E-state index >= 15 is 0 Å². The van der Waals surface area contributed by atoms with Gasteiger partial charge in [0, 0.05) is 11.0 Å². The number of nitrogens with two attached hydrogens (primary N) is 1. The lowest BCUT2D eigenvalue weighted by Gasteiger charge is -2.34. The Morgan fingerprint density at radius 1 is 1.32 bits per heavy atom. The Bertz CT molecular complexity index is 396. The Hall–Kier alpha value is -0.380. The SMILES string of the molecule is CCC1CCCCC1OC(CN)c1ccccc1Br. The first kappa shape index (κ1) is 15.0. The molecule has 0 aromatic heterocycles. The summed E-state index contributed by atoms with van der Waals surface area (Å²) in [4.78, 5) is 0. The van der Waals surface area contributed by atoms with Crippen LogP contribution >= 0.6 is 15.9 Å². The number of halogens is 1. The van der Waals surface area contributed by atoms with Crippen molar-refractivity contribution in [2.75, 3.05) is 6.54 Å². The molecule has 0 bridgehead atoms. The van der Waals surface area contributed by atoms with Crippen LogP contribution in [0, 0.1) is 5.92 Å². The van der Waals surface area contributed by atoms with Crippen molar-refractivity contribution in [3.63, 3.8) is 0 Å². The van der Waals surface area contributed by atoms with Gasteiger partial charge in [-0.3, -0.25) is 0 Å². The van der Waals surface area contributed by atoms with Gasteiger partial charge < -0.3 is 10.5 Å². The molecule has 1 aliphatic rings. The predicted molar refractivity (Wildman–Crippen MR) is 83.1 cm³/mol. The number of benzene rings is 1. The summed E-state index contributed by atoms with van der Waals surface area (Å²) in [5, 5.41) is 0. The molecule has 3 unspecified atom stereocenters. The maximum atomic E-state index is 6.36. The second kappa shape index (κ2) is 7.41. The van der Waals surface area contributed by atoms with Crippen molar-refractivity contribution in [3.8, 4) is 0 Å². The number of hydrogen-bond acceptors (Lipinski definition) is 2. The van der Waals surface area contributed by atoms with Crippen molar-refractivity contribution in [1.82, 2.24) is 0 Å². The van der Waals surface area contributed by atoms with E-state index in [1.165, 1.54) is 37.7 Å². The molecule has 2 rings (SSSR count). The van der Waals surface area contributed by atoms with Crippen LogP contribution in [0.5, 0.6) is 0 Å². The van der Waals surface area contributed by atoms with Crippen LogP contribution in [-0.4, -0.2) is 12.6 Å². The molecular weight excluding hydrogens is 302 g/mol. The average molecular weight is 326 g/mol. The molecule has 0 heterocycles. The fourth-order valence-electron chi connectivity index (χ4n) is 3.02. The second-order valence-corrected chi connectivity index (χ2v) is 6.23. The number of hydrogen-bond donors (Lipinski definition) is 1. The van der Waals surface area contributed by atoms with Gasteiger partial charge in [-0.1, -0.05) is 60.3 Å². The molecule has 106 valence electrons. The van der Waals surface area contributed by atoms with Gasteiger partial charge in [0.05, 0.1) is 12.2 Å². The molecule has 1 saturated carbocycles. The minimum absolute atomic E-state index is 0.00715. The molecule has 0 radical (unpaired) electrons. The lowest BCUT2D eigenvalue weighted by molar-refractivity contribution is -0.0589. The van der Waals surface area contributed by atoms with E-state index in [1.54, 1.807) is 0 Å². The zero-order valence-corrected chi connectivity index (χ0v) is 13.2. The zero-order chi connectivity index (χ0) is 13.7. The Labute approximate surface area is 124 Å². The van der Waals surface area contributed by atoms with E-state index in [-0.39, 0.29) is 6.10 Å². The lowest BCUT2D eigenvalue weighted by Crippen LogP contribution is -2.31. The van der Waals surface area contributed by atoms with Gasteiger partial charge in [0.2, 0.25) is 0 Å². The molecule has 2 nitrogen and oxygen atoms in total. The fourth-order valence-corrected chi connectivity index (χ4v) is 3.56. The van der Waals surface area contributed by atoms with E-state index in [0.29, 0.717) is 18.6 Å². The van der Waals surface area contributed by atoms with Crippen molar-refractivity contribution in [2.45, 2.75) is 51.2 Å². The van der Waals surface area contributed by atoms with Gasteiger partial charge in [-0.15, -0.1) is 0 Å². The molecule has 0 saturated heterocycles. The maximum absolute atomic E-state index is 6.36. The normalized spacial score (nSPS) is 25.2. The third-order valence-corrected chi connectivity index (χ3v) is 4.89. The Morgan fingerprint density at radius 3 is 2.74 bits per heavy atom. The largest absolute Gasteiger partial charge is 0.369 e. The van der Waals surface area contributed by atoms with Crippen LogP contribution < -0.4 is 5.73 Å². The van der Waals surface area contributed by atoms with Crippen LogP contribution in [-0.2, 0) is 4.74 Å². The molecule has 19 heavy (non-hydrogen) atoms. The standard InChI is InChI=1S/C16H24BrNO/c1-2-12-7-3-6-10-15(12)19-16(11-18)13-8-4-5-9-14(13)17/h4-5,8-9,12,15-16H,2-3,6-7,10-11,18H2,1H3. The third-order valence-electron chi connectivity index (χ3n) is 4.17. The monoisotopic (exact) mass is 325 g/mol. The van der Waals surface area contributed by atoms with Crippen LogP contribution in [0.4, 0.5) is 0 Å². The summed E-state index contributed by atoms with van der Waals surface area (Å²) in [7, 11) is 0. The van der Waals surface area contributed by atoms with E-state index in [2.05, 4.69) is 35.0 Å². The summed E-state index contributed by atoms with van der Waals surface area (Å²) >= 11 is 3.60. The smallest absolute Gasteiger partial charge is 0.0961 e. The first-order valence-corrected chi connectivity index (χ1v) is 8.15. The van der Waals surface area contributed by atoms with Crippen molar-refractivity contribution in [2.24, 2.45) is 11.7 Å². The molecule has 1 aliphatic carbocycles. The quantitative estimate of drug-likeness (QED) is 0.868. The molecule has 0 spiro atoms. The summed E-state index contributed by atoms with van der Waals surface area (Å²) in [6, 6.07) is 8.23. The van der Waals surface area contributed by atoms with Gasteiger partial charge in [0.25, 0.3) is 0 Å². The van der Waals surface area contributed by atoms with Crippen molar-refractivity contribution >= 4 is 15.9 Å². The minimum Gasteiger partial charge on any atom is -0.369 e. The Kier molecular flexibility index (Phi) is 5.86. The highest BCUT2D eigenvalue weighted by Crippen LogP contribution is 2.34. The van der Waals surface area contributed by atoms with Crippen molar-refractivity contribution in [3.05, 3.63) is 34.3 Å². The number of ether oxygens (including phenoxy) is 1. The van der Waals surface area contributed by atoms with Crippen LogP contribution in [0.15, 0.2) is 28.7 Å². The molecule has 1 aromatic carbocycles. The summed E-state index contributed by atoms with van der Waals surface area (Å²) in [5.41, 5.74) is 7.10. The zero-order valence-electron chi connectivity index (χ0n) is 11.6. The van der Waals surface area contributed by atoms with Gasteiger partial charge >= 0.3 is 0 Å². The Balaban J connectivity index is 2.08. The molecule has 3 heteroatoms. The molecule has 2 N–H and O–H groups in total. The fraction of sp³-hybridized carbons (Fsp3) is 0.625. The summed E-state index contributed by atoms with van der Waals surface area (Å²) in [6.07, 6.45) is 6.70. The van der Waals surface area contributed by atoms with E-state index in [0.717, 1.165) is 4.47 Å². The molecule has 0 amide bonds. The van der Waals surface area contributed by atoms with E-state index in [1.807, 2.05) is 12.1 Å².